The Bertz CT molecular complexity index is 970. The van der Waals surface area contributed by atoms with Crippen LogP contribution in [0.15, 0.2) is 34.2 Å². The van der Waals surface area contributed by atoms with E-state index in [2.05, 4.69) is 34.5 Å². The van der Waals surface area contributed by atoms with Crippen LogP contribution in [0.3, 0.4) is 0 Å². The van der Waals surface area contributed by atoms with Gasteiger partial charge in [0.15, 0.2) is 5.96 Å². The van der Waals surface area contributed by atoms with Gasteiger partial charge in [0.05, 0.1) is 17.1 Å². The molecule has 172 valence electrons. The number of nitrogens with one attached hydrogen (secondary N) is 2. The quantitative estimate of drug-likeness (QED) is 0.311. The van der Waals surface area contributed by atoms with Gasteiger partial charge in [-0.2, -0.15) is 4.31 Å². The number of piperidine rings is 1. The Labute approximate surface area is 206 Å². The lowest BCUT2D eigenvalue weighted by atomic mass is 10.0. The van der Waals surface area contributed by atoms with Crippen LogP contribution in [0.1, 0.15) is 40.9 Å². The maximum Gasteiger partial charge on any atom is 0.243 e. The highest BCUT2D eigenvalue weighted by Gasteiger charge is 2.28. The topological polar surface area (TPSA) is 86.7 Å². The summed E-state index contributed by atoms with van der Waals surface area (Å²) < 4.78 is 27.4. The minimum atomic E-state index is -3.42. The summed E-state index contributed by atoms with van der Waals surface area (Å²) in [7, 11) is -1.69. The van der Waals surface area contributed by atoms with Crippen molar-refractivity contribution in [2.75, 3.05) is 20.1 Å². The van der Waals surface area contributed by atoms with Gasteiger partial charge in [0, 0.05) is 31.6 Å². The van der Waals surface area contributed by atoms with Crippen LogP contribution >= 0.6 is 35.3 Å². The fourth-order valence-electron chi connectivity index (χ4n) is 3.47. The van der Waals surface area contributed by atoms with Crippen molar-refractivity contribution in [1.29, 1.82) is 0 Å². The molecule has 1 unspecified atom stereocenters. The monoisotopic (exact) mass is 577 g/mol. The van der Waals surface area contributed by atoms with Crippen molar-refractivity contribution in [3.8, 4) is 0 Å². The molecule has 1 atom stereocenters. The van der Waals surface area contributed by atoms with Gasteiger partial charge in [-0.1, -0.05) is 19.1 Å². The van der Waals surface area contributed by atoms with Crippen LogP contribution in [0.5, 0.6) is 0 Å². The molecular formula is C21H32IN5O2S2. The first-order valence-electron chi connectivity index (χ1n) is 10.3. The largest absolute Gasteiger partial charge is 0.352 e. The molecule has 2 heterocycles. The summed E-state index contributed by atoms with van der Waals surface area (Å²) in [5.74, 6) is 1.09. The van der Waals surface area contributed by atoms with Gasteiger partial charge >= 0.3 is 0 Å². The molecule has 1 aliphatic rings. The minimum Gasteiger partial charge on any atom is -0.352 e. The second kappa shape index (κ2) is 11.6. The Balaban J connectivity index is 0.00000341. The second-order valence-electron chi connectivity index (χ2n) is 7.78. The molecule has 1 saturated heterocycles. The van der Waals surface area contributed by atoms with Crippen molar-refractivity contribution in [3.63, 3.8) is 0 Å². The van der Waals surface area contributed by atoms with Crippen molar-refractivity contribution < 1.29 is 8.42 Å². The van der Waals surface area contributed by atoms with Gasteiger partial charge in [0.1, 0.15) is 5.01 Å². The average Bonchev–Trinajstić information content (AvgIpc) is 3.06. The van der Waals surface area contributed by atoms with Gasteiger partial charge in [-0.15, -0.1) is 35.3 Å². The van der Waals surface area contributed by atoms with Crippen LogP contribution in [0.2, 0.25) is 0 Å². The van der Waals surface area contributed by atoms with E-state index in [0.29, 0.717) is 43.0 Å². The highest BCUT2D eigenvalue weighted by Crippen LogP contribution is 2.23. The van der Waals surface area contributed by atoms with Gasteiger partial charge in [-0.3, -0.25) is 4.99 Å². The molecule has 0 bridgehead atoms. The summed E-state index contributed by atoms with van der Waals surface area (Å²) in [5, 5.41) is 7.55. The summed E-state index contributed by atoms with van der Waals surface area (Å²) in [6.45, 7) is 8.56. The van der Waals surface area contributed by atoms with E-state index in [1.54, 1.807) is 34.8 Å². The zero-order valence-electron chi connectivity index (χ0n) is 18.5. The maximum absolute atomic E-state index is 12.9. The lowest BCUT2D eigenvalue weighted by molar-refractivity contribution is 0.281. The van der Waals surface area contributed by atoms with E-state index in [-0.39, 0.29) is 24.0 Å². The van der Waals surface area contributed by atoms with E-state index in [1.165, 1.54) is 4.88 Å². The SMILES string of the molecule is CN=C(NCc1ccc(S(=O)(=O)N2CCCC(C)C2)cc1)NCc1nc(C)c(C)s1.I. The number of halogens is 1. The fourth-order valence-corrected chi connectivity index (χ4v) is 5.95. The van der Waals surface area contributed by atoms with E-state index in [1.807, 2.05) is 19.1 Å². The molecule has 1 aromatic heterocycles. The van der Waals surface area contributed by atoms with Crippen LogP contribution in [-0.2, 0) is 23.1 Å². The van der Waals surface area contributed by atoms with E-state index in [0.717, 1.165) is 29.1 Å². The number of hydrogen-bond acceptors (Lipinski definition) is 5. The first-order valence-corrected chi connectivity index (χ1v) is 12.5. The summed E-state index contributed by atoms with van der Waals surface area (Å²) in [4.78, 5) is 10.3. The molecule has 2 N–H and O–H groups in total. The summed E-state index contributed by atoms with van der Waals surface area (Å²) >= 11 is 1.68. The Hall–Kier alpha value is -1.24. The maximum atomic E-state index is 12.9. The molecular weight excluding hydrogens is 545 g/mol. The molecule has 0 spiro atoms. The number of sulfonamides is 1. The predicted octanol–water partition coefficient (Wildman–Crippen LogP) is 3.66. The molecule has 0 aliphatic carbocycles. The molecule has 0 radical (unpaired) electrons. The molecule has 1 aliphatic heterocycles. The van der Waals surface area contributed by atoms with Gasteiger partial charge < -0.3 is 10.6 Å². The van der Waals surface area contributed by atoms with E-state index >= 15 is 0 Å². The lowest BCUT2D eigenvalue weighted by Gasteiger charge is -2.30. The van der Waals surface area contributed by atoms with Crippen LogP contribution < -0.4 is 10.6 Å². The number of guanidine groups is 1. The predicted molar refractivity (Wildman–Crippen MR) is 138 cm³/mol. The Morgan fingerprint density at radius 1 is 1.23 bits per heavy atom. The molecule has 10 heteroatoms. The van der Waals surface area contributed by atoms with Crippen LogP contribution in [0.25, 0.3) is 0 Å². The molecule has 1 aromatic carbocycles. The summed E-state index contributed by atoms with van der Waals surface area (Å²) in [6.07, 6.45) is 2.02. The minimum absolute atomic E-state index is 0. The molecule has 0 amide bonds. The molecule has 0 saturated carbocycles. The molecule has 1 fully saturated rings. The van der Waals surface area contributed by atoms with Crippen molar-refractivity contribution >= 4 is 51.3 Å². The van der Waals surface area contributed by atoms with Crippen LogP contribution in [-0.4, -0.2) is 43.8 Å². The number of thiazole rings is 1. The number of rotatable bonds is 6. The zero-order chi connectivity index (χ0) is 21.7. The van der Waals surface area contributed by atoms with E-state index < -0.39 is 10.0 Å². The van der Waals surface area contributed by atoms with E-state index in [4.69, 9.17) is 0 Å². The van der Waals surface area contributed by atoms with Crippen molar-refractivity contribution in [2.45, 2.75) is 51.6 Å². The van der Waals surface area contributed by atoms with E-state index in [9.17, 15) is 8.42 Å². The van der Waals surface area contributed by atoms with Crippen molar-refractivity contribution in [2.24, 2.45) is 10.9 Å². The van der Waals surface area contributed by atoms with Gasteiger partial charge in [0.25, 0.3) is 0 Å². The first kappa shape index (κ1) is 26.0. The normalized spacial score (nSPS) is 17.8. The van der Waals surface area contributed by atoms with Gasteiger partial charge in [0.2, 0.25) is 10.0 Å². The number of hydrogen-bond donors (Lipinski definition) is 2. The number of aryl methyl sites for hydroxylation is 2. The third-order valence-corrected chi connectivity index (χ3v) is 8.30. The van der Waals surface area contributed by atoms with Crippen LogP contribution in [0, 0.1) is 19.8 Å². The Morgan fingerprint density at radius 2 is 1.90 bits per heavy atom. The highest BCUT2D eigenvalue weighted by molar-refractivity contribution is 14.0. The average molecular weight is 578 g/mol. The molecule has 3 rings (SSSR count). The third kappa shape index (κ3) is 6.87. The Morgan fingerprint density at radius 3 is 2.48 bits per heavy atom. The smallest absolute Gasteiger partial charge is 0.243 e. The lowest BCUT2D eigenvalue weighted by Crippen LogP contribution is -2.39. The van der Waals surface area contributed by atoms with Crippen molar-refractivity contribution in [3.05, 3.63) is 45.4 Å². The van der Waals surface area contributed by atoms with Crippen LogP contribution in [0.4, 0.5) is 0 Å². The summed E-state index contributed by atoms with van der Waals surface area (Å²) in [6, 6.07) is 7.11. The van der Waals surface area contributed by atoms with Crippen molar-refractivity contribution in [1.82, 2.24) is 19.9 Å². The molecule has 7 nitrogen and oxygen atoms in total. The zero-order valence-corrected chi connectivity index (χ0v) is 22.5. The van der Waals surface area contributed by atoms with Gasteiger partial charge in [-0.25, -0.2) is 13.4 Å². The highest BCUT2D eigenvalue weighted by atomic mass is 127. The molecule has 31 heavy (non-hydrogen) atoms. The number of aromatic nitrogens is 1. The number of nitrogens with zero attached hydrogens (tertiary/aromatic N) is 3. The first-order chi connectivity index (χ1) is 14.3. The van der Waals surface area contributed by atoms with Gasteiger partial charge in [-0.05, 0) is 50.3 Å². The second-order valence-corrected chi connectivity index (χ2v) is 11.0. The Kier molecular flexibility index (Phi) is 9.71. The summed E-state index contributed by atoms with van der Waals surface area (Å²) in [5.41, 5.74) is 2.05. The fraction of sp³-hybridized carbons (Fsp3) is 0.524. The number of benzene rings is 1. The third-order valence-electron chi connectivity index (χ3n) is 5.34. The molecule has 2 aromatic rings. The standard InChI is InChI=1S/C21H31N5O2S2.HI/c1-15-6-5-11-26(14-15)30(27,28)19-9-7-18(8-10-19)12-23-21(22-4)24-13-20-25-16(2)17(3)29-20;/h7-10,15H,5-6,11-14H2,1-4H3,(H2,22,23,24);1H. The number of aliphatic imine (C=N–C) groups is 1.